The number of rotatable bonds is 2. The molecule has 2 rings (SSSR count). The van der Waals surface area contributed by atoms with Crippen molar-refractivity contribution in [3.05, 3.63) is 65.5 Å². The summed E-state index contributed by atoms with van der Waals surface area (Å²) in [5.41, 5.74) is 0.915. The summed E-state index contributed by atoms with van der Waals surface area (Å²) in [5, 5.41) is 0. The Bertz CT molecular complexity index is 535. The third-order valence-electron chi connectivity index (χ3n) is 2.35. The van der Waals surface area contributed by atoms with Crippen molar-refractivity contribution in [2.45, 2.75) is 6.92 Å². The van der Waals surface area contributed by atoms with Crippen LogP contribution in [-0.2, 0) is 0 Å². The zero-order valence-electron chi connectivity index (χ0n) is 9.31. The van der Waals surface area contributed by atoms with Crippen molar-refractivity contribution >= 4 is 5.97 Å². The summed E-state index contributed by atoms with van der Waals surface area (Å²) in [7, 11) is 0. The molecule has 17 heavy (non-hydrogen) atoms. The molecular formula is C14H11FO2. The van der Waals surface area contributed by atoms with E-state index in [2.05, 4.69) is 0 Å². The van der Waals surface area contributed by atoms with Gasteiger partial charge in [-0.05, 0) is 42.8 Å². The lowest BCUT2D eigenvalue weighted by Gasteiger charge is -2.05. The molecule has 2 aromatic rings. The number of aryl methyl sites for hydroxylation is 1. The molecule has 2 nitrogen and oxygen atoms in total. The Morgan fingerprint density at radius 1 is 1.12 bits per heavy atom. The van der Waals surface area contributed by atoms with Crippen LogP contribution in [0.4, 0.5) is 4.39 Å². The van der Waals surface area contributed by atoms with Gasteiger partial charge in [-0.15, -0.1) is 0 Å². The van der Waals surface area contributed by atoms with E-state index in [1.165, 1.54) is 18.2 Å². The van der Waals surface area contributed by atoms with Crippen LogP contribution in [0.2, 0.25) is 0 Å². The minimum absolute atomic E-state index is 0.315. The Hall–Kier alpha value is -2.16. The summed E-state index contributed by atoms with van der Waals surface area (Å²) < 4.78 is 18.1. The van der Waals surface area contributed by atoms with Gasteiger partial charge in [-0.2, -0.15) is 0 Å². The van der Waals surface area contributed by atoms with Crippen LogP contribution in [0.1, 0.15) is 15.9 Å². The Morgan fingerprint density at radius 3 is 2.47 bits per heavy atom. The number of esters is 1. The molecule has 2 aromatic carbocycles. The van der Waals surface area contributed by atoms with Crippen LogP contribution in [0.5, 0.6) is 5.75 Å². The zero-order chi connectivity index (χ0) is 12.3. The van der Waals surface area contributed by atoms with E-state index in [1.807, 2.05) is 6.07 Å². The smallest absolute Gasteiger partial charge is 0.343 e. The van der Waals surface area contributed by atoms with E-state index in [4.69, 9.17) is 4.74 Å². The fourth-order valence-corrected chi connectivity index (χ4v) is 1.42. The largest absolute Gasteiger partial charge is 0.423 e. The molecule has 0 amide bonds. The molecule has 0 fully saturated rings. The molecule has 0 saturated carbocycles. The number of halogens is 1. The zero-order valence-corrected chi connectivity index (χ0v) is 9.31. The van der Waals surface area contributed by atoms with Crippen molar-refractivity contribution in [1.82, 2.24) is 0 Å². The third-order valence-corrected chi connectivity index (χ3v) is 2.35. The first-order chi connectivity index (χ1) is 8.16. The van der Waals surface area contributed by atoms with Crippen LogP contribution in [0.25, 0.3) is 0 Å². The average Bonchev–Trinajstić information content (AvgIpc) is 2.35. The van der Waals surface area contributed by atoms with Crippen molar-refractivity contribution < 1.29 is 13.9 Å². The van der Waals surface area contributed by atoms with E-state index in [-0.39, 0.29) is 5.82 Å². The van der Waals surface area contributed by atoms with Crippen LogP contribution in [0, 0.1) is 12.7 Å². The SMILES string of the molecule is Cc1cc(OC(=O)c2ccccc2)ccc1F. The van der Waals surface area contributed by atoms with Crippen LogP contribution in [0.15, 0.2) is 48.5 Å². The molecule has 0 spiro atoms. The van der Waals surface area contributed by atoms with Gasteiger partial charge in [0.05, 0.1) is 5.56 Å². The summed E-state index contributed by atoms with van der Waals surface area (Å²) in [6, 6.07) is 12.9. The standard InChI is InChI=1S/C14H11FO2/c1-10-9-12(7-8-13(10)15)17-14(16)11-5-3-2-4-6-11/h2-9H,1H3. The van der Waals surface area contributed by atoms with Crippen molar-refractivity contribution in [1.29, 1.82) is 0 Å². The van der Waals surface area contributed by atoms with Crippen LogP contribution in [0.3, 0.4) is 0 Å². The number of carbonyl (C=O) groups is 1. The summed E-state index contributed by atoms with van der Waals surface area (Å²) in [6.45, 7) is 1.62. The fraction of sp³-hybridized carbons (Fsp3) is 0.0714. The summed E-state index contributed by atoms with van der Waals surface area (Å²) in [4.78, 5) is 11.7. The monoisotopic (exact) mass is 230 g/mol. The highest BCUT2D eigenvalue weighted by Crippen LogP contribution is 2.17. The van der Waals surface area contributed by atoms with Crippen molar-refractivity contribution in [2.24, 2.45) is 0 Å². The maximum atomic E-state index is 13.0. The molecular weight excluding hydrogens is 219 g/mol. The summed E-state index contributed by atoms with van der Waals surface area (Å²) in [6.07, 6.45) is 0. The van der Waals surface area contributed by atoms with E-state index in [0.717, 1.165) is 0 Å². The molecule has 3 heteroatoms. The summed E-state index contributed by atoms with van der Waals surface area (Å²) >= 11 is 0. The van der Waals surface area contributed by atoms with Gasteiger partial charge in [0.25, 0.3) is 0 Å². The van der Waals surface area contributed by atoms with Gasteiger partial charge < -0.3 is 4.74 Å². The second-order valence-electron chi connectivity index (χ2n) is 3.67. The van der Waals surface area contributed by atoms with Crippen LogP contribution in [-0.4, -0.2) is 5.97 Å². The number of ether oxygens (including phenoxy) is 1. The van der Waals surface area contributed by atoms with Crippen molar-refractivity contribution in [3.8, 4) is 5.75 Å². The molecule has 0 radical (unpaired) electrons. The van der Waals surface area contributed by atoms with Crippen molar-refractivity contribution in [2.75, 3.05) is 0 Å². The highest BCUT2D eigenvalue weighted by atomic mass is 19.1. The van der Waals surface area contributed by atoms with Crippen LogP contribution < -0.4 is 4.74 Å². The first kappa shape index (κ1) is 11.3. The van der Waals surface area contributed by atoms with Gasteiger partial charge in [0.15, 0.2) is 0 Å². The van der Waals surface area contributed by atoms with E-state index in [0.29, 0.717) is 16.9 Å². The maximum absolute atomic E-state index is 13.0. The second-order valence-corrected chi connectivity index (χ2v) is 3.67. The highest BCUT2D eigenvalue weighted by molar-refractivity contribution is 5.90. The fourth-order valence-electron chi connectivity index (χ4n) is 1.42. The lowest BCUT2D eigenvalue weighted by Crippen LogP contribution is -2.08. The molecule has 0 bridgehead atoms. The van der Waals surface area contributed by atoms with Crippen molar-refractivity contribution in [3.63, 3.8) is 0 Å². The normalized spacial score (nSPS) is 10.0. The summed E-state index contributed by atoms with van der Waals surface area (Å²) in [5.74, 6) is -0.418. The highest BCUT2D eigenvalue weighted by Gasteiger charge is 2.08. The topological polar surface area (TPSA) is 26.3 Å². The Morgan fingerprint density at radius 2 is 1.82 bits per heavy atom. The third kappa shape index (κ3) is 2.69. The first-order valence-corrected chi connectivity index (χ1v) is 5.20. The van der Waals surface area contributed by atoms with E-state index >= 15 is 0 Å². The van der Waals surface area contributed by atoms with Gasteiger partial charge in [0.1, 0.15) is 11.6 Å². The molecule has 0 unspecified atom stereocenters. The number of carbonyl (C=O) groups excluding carboxylic acids is 1. The molecule has 0 aliphatic carbocycles. The van der Waals surface area contributed by atoms with Gasteiger partial charge in [-0.25, -0.2) is 9.18 Å². The quantitative estimate of drug-likeness (QED) is 0.584. The van der Waals surface area contributed by atoms with Gasteiger partial charge in [0, 0.05) is 0 Å². The van der Waals surface area contributed by atoms with E-state index < -0.39 is 5.97 Å². The second kappa shape index (κ2) is 4.78. The Balaban J connectivity index is 2.16. The van der Waals surface area contributed by atoms with E-state index in [1.54, 1.807) is 31.2 Å². The lowest BCUT2D eigenvalue weighted by molar-refractivity contribution is 0.0734. The lowest BCUT2D eigenvalue weighted by atomic mass is 10.2. The molecule has 86 valence electrons. The molecule has 0 aromatic heterocycles. The minimum Gasteiger partial charge on any atom is -0.423 e. The van der Waals surface area contributed by atoms with Gasteiger partial charge in [-0.1, -0.05) is 18.2 Å². The van der Waals surface area contributed by atoms with Gasteiger partial charge in [-0.3, -0.25) is 0 Å². The number of benzene rings is 2. The molecule has 0 aliphatic rings. The van der Waals surface area contributed by atoms with E-state index in [9.17, 15) is 9.18 Å². The maximum Gasteiger partial charge on any atom is 0.343 e. The van der Waals surface area contributed by atoms with Gasteiger partial charge in [0.2, 0.25) is 0 Å². The molecule has 0 saturated heterocycles. The average molecular weight is 230 g/mol. The Labute approximate surface area is 98.7 Å². The Kier molecular flexibility index (Phi) is 3.19. The molecule has 0 atom stereocenters. The van der Waals surface area contributed by atoms with Gasteiger partial charge >= 0.3 is 5.97 Å². The molecule has 0 heterocycles. The molecule has 0 aliphatic heterocycles. The number of hydrogen-bond acceptors (Lipinski definition) is 2. The minimum atomic E-state index is -0.448. The molecule has 0 N–H and O–H groups in total. The van der Waals surface area contributed by atoms with Crippen LogP contribution >= 0.6 is 0 Å². The first-order valence-electron chi connectivity index (χ1n) is 5.20. The number of hydrogen-bond donors (Lipinski definition) is 0. The predicted molar refractivity (Wildman–Crippen MR) is 62.5 cm³/mol. The predicted octanol–water partition coefficient (Wildman–Crippen LogP) is 3.35.